The maximum atomic E-state index is 12.0. The average molecular weight is 308 g/mol. The third-order valence-electron chi connectivity index (χ3n) is 3.16. The number of aliphatic hydroxyl groups excluding tert-OH is 1. The molecule has 3 rings (SSSR count). The summed E-state index contributed by atoms with van der Waals surface area (Å²) >= 11 is 1.29. The van der Waals surface area contributed by atoms with Gasteiger partial charge in [0.15, 0.2) is 0 Å². The van der Waals surface area contributed by atoms with Crippen LogP contribution in [0.4, 0.5) is 0 Å². The molecular formula is C12H12N4O4S. The number of aryl methyl sites for hydroxylation is 1. The Balaban J connectivity index is 1.73. The van der Waals surface area contributed by atoms with Gasteiger partial charge in [0, 0.05) is 18.6 Å². The summed E-state index contributed by atoms with van der Waals surface area (Å²) in [5.41, 5.74) is 1.07. The van der Waals surface area contributed by atoms with Crippen molar-refractivity contribution in [3.05, 3.63) is 28.6 Å². The monoisotopic (exact) mass is 308 g/mol. The Labute approximate surface area is 123 Å². The van der Waals surface area contributed by atoms with Gasteiger partial charge in [-0.1, -0.05) is 5.21 Å². The first-order valence-electron chi connectivity index (χ1n) is 6.27. The summed E-state index contributed by atoms with van der Waals surface area (Å²) in [5.74, 6) is -1.42. The highest BCUT2D eigenvalue weighted by atomic mass is 32.2. The third-order valence-corrected chi connectivity index (χ3v) is 4.24. The first kappa shape index (κ1) is 13.8. The number of nitrogens with zero attached hydrogens (tertiary/aromatic N) is 4. The minimum absolute atomic E-state index is 0.0127. The van der Waals surface area contributed by atoms with Gasteiger partial charge in [0.1, 0.15) is 16.8 Å². The van der Waals surface area contributed by atoms with Crippen LogP contribution < -0.4 is 0 Å². The molecule has 2 N–H and O–H groups in total. The van der Waals surface area contributed by atoms with E-state index in [0.717, 1.165) is 0 Å². The van der Waals surface area contributed by atoms with Crippen molar-refractivity contribution in [1.82, 2.24) is 19.9 Å². The molecule has 0 radical (unpaired) electrons. The lowest BCUT2D eigenvalue weighted by Crippen LogP contribution is -2.51. The number of hydrogen-bond acceptors (Lipinski definition) is 6. The second-order valence-electron chi connectivity index (χ2n) is 4.56. The highest BCUT2D eigenvalue weighted by Gasteiger charge is 2.49. The molecule has 0 bridgehead atoms. The molecule has 0 spiro atoms. The van der Waals surface area contributed by atoms with Gasteiger partial charge in [-0.15, -0.1) is 16.9 Å². The number of aliphatic carboxylic acids is 1. The molecule has 2 aliphatic rings. The van der Waals surface area contributed by atoms with E-state index in [-0.39, 0.29) is 23.6 Å². The van der Waals surface area contributed by atoms with Crippen LogP contribution in [-0.2, 0) is 16.1 Å². The van der Waals surface area contributed by atoms with E-state index in [1.165, 1.54) is 22.1 Å². The molecule has 9 heteroatoms. The lowest BCUT2D eigenvalue weighted by atomic mass is 10.0. The average Bonchev–Trinajstić information content (AvgIpc) is 3.07. The van der Waals surface area contributed by atoms with E-state index in [4.69, 9.17) is 10.2 Å². The predicted octanol–water partition coefficient (Wildman–Crippen LogP) is -0.115. The van der Waals surface area contributed by atoms with Gasteiger partial charge in [0.05, 0.1) is 11.8 Å². The lowest BCUT2D eigenvalue weighted by molar-refractivity contribution is -0.141. The summed E-state index contributed by atoms with van der Waals surface area (Å²) in [6, 6.07) is 0. The zero-order valence-electron chi connectivity index (χ0n) is 10.8. The Morgan fingerprint density at radius 1 is 1.52 bits per heavy atom. The van der Waals surface area contributed by atoms with Crippen molar-refractivity contribution >= 4 is 29.7 Å². The largest absolute Gasteiger partial charge is 0.477 e. The molecule has 0 aliphatic carbocycles. The molecule has 3 heterocycles. The molecule has 2 aliphatic heterocycles. The molecule has 110 valence electrons. The summed E-state index contributed by atoms with van der Waals surface area (Å²) in [4.78, 5) is 24.2. The summed E-state index contributed by atoms with van der Waals surface area (Å²) in [6.07, 6.45) is 3.89. The van der Waals surface area contributed by atoms with Gasteiger partial charge >= 0.3 is 5.97 Å². The van der Waals surface area contributed by atoms with Gasteiger partial charge < -0.3 is 10.2 Å². The summed E-state index contributed by atoms with van der Waals surface area (Å²) < 4.78 is 1.59. The predicted molar refractivity (Wildman–Crippen MR) is 73.6 cm³/mol. The van der Waals surface area contributed by atoms with Gasteiger partial charge in [0.2, 0.25) is 0 Å². The number of aliphatic hydroxyl groups is 1. The number of thioether (sulfide) groups is 1. The fourth-order valence-corrected chi connectivity index (χ4v) is 3.27. The first-order valence-corrected chi connectivity index (χ1v) is 7.21. The smallest absolute Gasteiger partial charge is 0.353 e. The molecule has 21 heavy (non-hydrogen) atoms. The Morgan fingerprint density at radius 3 is 3.05 bits per heavy atom. The molecule has 8 nitrogen and oxygen atoms in total. The van der Waals surface area contributed by atoms with E-state index >= 15 is 0 Å². The molecule has 1 amide bonds. The number of carbonyl (C=O) groups is 2. The van der Waals surface area contributed by atoms with Gasteiger partial charge in [-0.25, -0.2) is 4.79 Å². The van der Waals surface area contributed by atoms with Gasteiger partial charge in [-0.05, 0) is 12.5 Å². The molecular weight excluding hydrogens is 296 g/mol. The zero-order chi connectivity index (χ0) is 15.0. The van der Waals surface area contributed by atoms with Crippen molar-refractivity contribution in [1.29, 1.82) is 0 Å². The normalized spacial score (nSPS) is 22.2. The van der Waals surface area contributed by atoms with Crippen LogP contribution in [0.5, 0.6) is 0 Å². The fraction of sp³-hybridized carbons (Fsp3) is 0.333. The molecule has 0 aromatic carbocycles. The van der Waals surface area contributed by atoms with E-state index in [1.54, 1.807) is 17.0 Å². The third kappa shape index (κ3) is 2.34. The fourth-order valence-electron chi connectivity index (χ4n) is 2.15. The Hall–Kier alpha value is -2.13. The van der Waals surface area contributed by atoms with Crippen molar-refractivity contribution in [2.24, 2.45) is 0 Å². The van der Waals surface area contributed by atoms with Crippen molar-refractivity contribution in [2.45, 2.75) is 18.3 Å². The second kappa shape index (κ2) is 5.34. The van der Waals surface area contributed by atoms with Crippen LogP contribution in [-0.4, -0.2) is 54.0 Å². The lowest BCUT2D eigenvalue weighted by Gasteiger charge is -2.36. The van der Waals surface area contributed by atoms with E-state index in [9.17, 15) is 9.59 Å². The minimum atomic E-state index is -1.10. The summed E-state index contributed by atoms with van der Waals surface area (Å²) in [6.45, 7) is 0.627. The van der Waals surface area contributed by atoms with Crippen LogP contribution in [0, 0.1) is 0 Å². The van der Waals surface area contributed by atoms with Crippen LogP contribution in [0.2, 0.25) is 0 Å². The Kier molecular flexibility index (Phi) is 3.52. The Morgan fingerprint density at radius 2 is 2.33 bits per heavy atom. The molecule has 1 aromatic heterocycles. The number of hydrogen-bond donors (Lipinski definition) is 2. The number of amides is 1. The molecule has 0 saturated carbocycles. The van der Waals surface area contributed by atoms with Crippen LogP contribution >= 0.6 is 11.8 Å². The van der Waals surface area contributed by atoms with Crippen molar-refractivity contribution in [3.8, 4) is 0 Å². The van der Waals surface area contributed by atoms with E-state index in [0.29, 0.717) is 24.2 Å². The van der Waals surface area contributed by atoms with E-state index in [1.807, 2.05) is 0 Å². The molecule has 1 atom stereocenters. The first-order chi connectivity index (χ1) is 10.1. The Bertz CT molecular complexity index is 666. The maximum Gasteiger partial charge on any atom is 0.353 e. The molecule has 1 aromatic rings. The summed E-state index contributed by atoms with van der Waals surface area (Å²) in [5, 5.41) is 26.7. The molecule has 0 unspecified atom stereocenters. The van der Waals surface area contributed by atoms with Crippen LogP contribution in [0.25, 0.3) is 6.08 Å². The number of carbonyl (C=O) groups excluding carboxylic acids is 1. The number of fused-ring (bicyclic) bond motifs is 1. The van der Waals surface area contributed by atoms with Crippen LogP contribution in [0.3, 0.4) is 0 Å². The number of aromatic nitrogens is 3. The summed E-state index contributed by atoms with van der Waals surface area (Å²) in [7, 11) is 0. The standard InChI is InChI=1S/C12H12N4O4S/c17-3-1-2-15-5-7(13-14-15)4-8-10(18)16-9(12(19)20)6-21-11(8)16/h4-6,11,17H,1-3H2,(H,19,20)/b8-4+/t11-/m1/s1. The number of β-lactam (4-membered cyclic amide) rings is 1. The quantitative estimate of drug-likeness (QED) is 0.577. The van der Waals surface area contributed by atoms with Crippen LogP contribution in [0.15, 0.2) is 22.9 Å². The maximum absolute atomic E-state index is 12.0. The minimum Gasteiger partial charge on any atom is -0.477 e. The zero-order valence-corrected chi connectivity index (χ0v) is 11.7. The molecule has 1 saturated heterocycles. The number of carboxylic acids is 1. The van der Waals surface area contributed by atoms with Gasteiger partial charge in [-0.2, -0.15) is 0 Å². The van der Waals surface area contributed by atoms with Gasteiger partial charge in [0.25, 0.3) is 5.91 Å². The van der Waals surface area contributed by atoms with E-state index in [2.05, 4.69) is 10.3 Å². The van der Waals surface area contributed by atoms with E-state index < -0.39 is 5.97 Å². The highest BCUT2D eigenvalue weighted by Crippen LogP contribution is 2.44. The van der Waals surface area contributed by atoms with Crippen LogP contribution in [0.1, 0.15) is 12.1 Å². The SMILES string of the molecule is O=C(O)C1=CS[C@@H]2/C(=C/c3cn(CCCO)nn3)C(=O)N12. The van der Waals surface area contributed by atoms with Crippen molar-refractivity contribution in [2.75, 3.05) is 6.61 Å². The highest BCUT2D eigenvalue weighted by molar-refractivity contribution is 8.03. The van der Waals surface area contributed by atoms with Crippen molar-refractivity contribution in [3.63, 3.8) is 0 Å². The second-order valence-corrected chi connectivity index (χ2v) is 5.51. The van der Waals surface area contributed by atoms with Gasteiger partial charge in [-0.3, -0.25) is 14.4 Å². The molecule has 1 fully saturated rings. The number of carboxylic acid groups (broad SMARTS) is 1. The van der Waals surface area contributed by atoms with Crippen molar-refractivity contribution < 1.29 is 19.8 Å². The topological polar surface area (TPSA) is 109 Å². The number of rotatable bonds is 5.